The van der Waals surface area contributed by atoms with Crippen LogP contribution in [0.15, 0.2) is 76.2 Å². The second-order valence-corrected chi connectivity index (χ2v) is 8.72. The van der Waals surface area contributed by atoms with Gasteiger partial charge in [-0.3, -0.25) is 4.79 Å². The fourth-order valence-corrected chi connectivity index (χ4v) is 4.28. The van der Waals surface area contributed by atoms with E-state index < -0.39 is 5.97 Å². The van der Waals surface area contributed by atoms with Crippen LogP contribution in [0.5, 0.6) is 0 Å². The Morgan fingerprint density at radius 2 is 2.00 bits per heavy atom. The van der Waals surface area contributed by atoms with Crippen LogP contribution in [0.3, 0.4) is 0 Å². The van der Waals surface area contributed by atoms with E-state index in [0.29, 0.717) is 40.3 Å². The molecule has 0 saturated carbocycles. The lowest BCUT2D eigenvalue weighted by atomic mass is 9.99. The number of nitrogens with one attached hydrogen (secondary N) is 1. The molecular formula is C28H22N4O4. The number of aryl methyl sites for hydroxylation is 1. The summed E-state index contributed by atoms with van der Waals surface area (Å²) >= 11 is 0. The number of para-hydroxylation sites is 1. The van der Waals surface area contributed by atoms with Crippen LogP contribution in [0.4, 0.5) is 11.5 Å². The van der Waals surface area contributed by atoms with Gasteiger partial charge in [-0.15, -0.1) is 0 Å². The summed E-state index contributed by atoms with van der Waals surface area (Å²) in [5.74, 6) is 0.152. The number of aromatic nitrogens is 1. The monoisotopic (exact) mass is 478 g/mol. The number of fused-ring (bicyclic) bond motifs is 1. The molecule has 0 spiro atoms. The molecule has 178 valence electrons. The Kier molecular flexibility index (Phi) is 5.74. The Bertz CT molecular complexity index is 1630. The smallest absolute Gasteiger partial charge is 0.337 e. The molecule has 1 aliphatic heterocycles. The van der Waals surface area contributed by atoms with Crippen LogP contribution in [0, 0.1) is 18.3 Å². The molecule has 0 bridgehead atoms. The van der Waals surface area contributed by atoms with E-state index >= 15 is 0 Å². The fraction of sp³-hybridized carbons (Fsp3) is 0.143. The summed E-state index contributed by atoms with van der Waals surface area (Å²) in [5, 5.41) is 22.2. The molecule has 3 heterocycles. The molecule has 0 amide bonds. The van der Waals surface area contributed by atoms with Gasteiger partial charge in [0, 0.05) is 35.3 Å². The number of carbonyl (C=O) groups is 1. The molecule has 8 heteroatoms. The lowest BCUT2D eigenvalue weighted by Crippen LogP contribution is -2.29. The van der Waals surface area contributed by atoms with Crippen molar-refractivity contribution in [3.05, 3.63) is 105 Å². The SMILES string of the molecule is Cc1cc(C(C)Nc2ccccc2C(=O)O)c2oc(C3=CN(c4ccc(C#N)cn4)C3)cc(=O)c2c1. The summed E-state index contributed by atoms with van der Waals surface area (Å²) in [6.07, 6.45) is 3.37. The van der Waals surface area contributed by atoms with Gasteiger partial charge >= 0.3 is 5.97 Å². The van der Waals surface area contributed by atoms with Gasteiger partial charge in [-0.05, 0) is 49.7 Å². The number of rotatable bonds is 6. The average Bonchev–Trinajstić information content (AvgIpc) is 2.84. The van der Waals surface area contributed by atoms with Gasteiger partial charge < -0.3 is 19.7 Å². The number of hydrogen-bond donors (Lipinski definition) is 2. The minimum atomic E-state index is -1.02. The third-order valence-corrected chi connectivity index (χ3v) is 6.14. The summed E-state index contributed by atoms with van der Waals surface area (Å²) < 4.78 is 6.28. The van der Waals surface area contributed by atoms with Gasteiger partial charge in [0.05, 0.1) is 29.1 Å². The average molecular weight is 479 g/mol. The van der Waals surface area contributed by atoms with Crippen molar-refractivity contribution in [1.82, 2.24) is 4.98 Å². The molecule has 1 unspecified atom stereocenters. The Morgan fingerprint density at radius 3 is 2.69 bits per heavy atom. The number of pyridine rings is 1. The zero-order valence-corrected chi connectivity index (χ0v) is 19.6. The Labute approximate surface area is 206 Å². The number of nitrogens with zero attached hydrogens (tertiary/aromatic N) is 3. The van der Waals surface area contributed by atoms with Crippen LogP contribution in [-0.2, 0) is 0 Å². The maximum Gasteiger partial charge on any atom is 0.337 e. The summed E-state index contributed by atoms with van der Waals surface area (Å²) in [7, 11) is 0. The van der Waals surface area contributed by atoms with Crippen molar-refractivity contribution in [2.24, 2.45) is 0 Å². The zero-order chi connectivity index (χ0) is 25.4. The van der Waals surface area contributed by atoms with E-state index in [1.54, 1.807) is 42.5 Å². The van der Waals surface area contributed by atoms with Crippen molar-refractivity contribution in [1.29, 1.82) is 5.26 Å². The number of carboxylic acids is 1. The van der Waals surface area contributed by atoms with Gasteiger partial charge in [-0.25, -0.2) is 9.78 Å². The molecule has 2 N–H and O–H groups in total. The van der Waals surface area contributed by atoms with Crippen molar-refractivity contribution >= 4 is 34.0 Å². The lowest BCUT2D eigenvalue weighted by Gasteiger charge is -2.30. The number of benzene rings is 2. The van der Waals surface area contributed by atoms with E-state index in [4.69, 9.17) is 9.68 Å². The molecule has 8 nitrogen and oxygen atoms in total. The second kappa shape index (κ2) is 9.04. The van der Waals surface area contributed by atoms with Gasteiger partial charge in [0.25, 0.3) is 0 Å². The summed E-state index contributed by atoms with van der Waals surface area (Å²) in [4.78, 5) is 30.9. The third-order valence-electron chi connectivity index (χ3n) is 6.14. The van der Waals surface area contributed by atoms with Crippen molar-refractivity contribution in [3.8, 4) is 6.07 Å². The highest BCUT2D eigenvalue weighted by atomic mass is 16.4. The van der Waals surface area contributed by atoms with Crippen molar-refractivity contribution in [2.45, 2.75) is 19.9 Å². The highest BCUT2D eigenvalue weighted by Crippen LogP contribution is 2.33. The van der Waals surface area contributed by atoms with Crippen LogP contribution in [0.1, 0.15) is 45.8 Å². The number of carboxylic acid groups (broad SMARTS) is 1. The molecular weight excluding hydrogens is 456 g/mol. The van der Waals surface area contributed by atoms with E-state index in [1.165, 1.54) is 12.3 Å². The normalized spacial score (nSPS) is 13.5. The zero-order valence-electron chi connectivity index (χ0n) is 19.6. The molecule has 4 aromatic rings. The molecule has 0 fully saturated rings. The van der Waals surface area contributed by atoms with Gasteiger partial charge in [0.1, 0.15) is 23.2 Å². The van der Waals surface area contributed by atoms with E-state index in [0.717, 1.165) is 16.7 Å². The van der Waals surface area contributed by atoms with E-state index in [9.17, 15) is 14.7 Å². The number of aromatic carboxylic acids is 1. The first-order valence-electron chi connectivity index (χ1n) is 11.3. The molecule has 2 aromatic heterocycles. The minimum Gasteiger partial charge on any atom is -0.478 e. The van der Waals surface area contributed by atoms with Crippen LogP contribution in [0.2, 0.25) is 0 Å². The van der Waals surface area contributed by atoms with Gasteiger partial charge in [-0.2, -0.15) is 5.26 Å². The standard InChI is InChI=1S/C28H22N4O4/c1-16-9-21(17(2)31-23-6-4-3-5-20(23)28(34)35)27-22(10-16)24(33)11-25(36-27)19-14-32(15-19)26-8-7-18(12-29)13-30-26/h3-11,13-14,17,31H,15H2,1-2H3,(H,34,35). The molecule has 0 aliphatic carbocycles. The second-order valence-electron chi connectivity index (χ2n) is 8.72. The van der Waals surface area contributed by atoms with E-state index in [1.807, 2.05) is 37.1 Å². The molecule has 1 aliphatic rings. The number of anilines is 2. The summed E-state index contributed by atoms with van der Waals surface area (Å²) in [6, 6.07) is 17.1. The van der Waals surface area contributed by atoms with Crippen LogP contribution >= 0.6 is 0 Å². The Morgan fingerprint density at radius 1 is 1.22 bits per heavy atom. The molecule has 2 aromatic carbocycles. The van der Waals surface area contributed by atoms with Crippen molar-refractivity contribution in [3.63, 3.8) is 0 Å². The first-order valence-corrected chi connectivity index (χ1v) is 11.3. The first kappa shape index (κ1) is 22.9. The van der Waals surface area contributed by atoms with Gasteiger partial charge in [0.15, 0.2) is 5.43 Å². The lowest BCUT2D eigenvalue weighted by molar-refractivity contribution is 0.0698. The summed E-state index contributed by atoms with van der Waals surface area (Å²) in [6.45, 7) is 4.32. The van der Waals surface area contributed by atoms with E-state index in [2.05, 4.69) is 10.3 Å². The topological polar surface area (TPSA) is 119 Å². The van der Waals surface area contributed by atoms with Crippen molar-refractivity contribution in [2.75, 3.05) is 16.8 Å². The maximum atomic E-state index is 13.1. The molecule has 36 heavy (non-hydrogen) atoms. The van der Waals surface area contributed by atoms with Gasteiger partial charge in [-0.1, -0.05) is 18.2 Å². The highest BCUT2D eigenvalue weighted by Gasteiger charge is 2.24. The Balaban J connectivity index is 1.51. The third kappa shape index (κ3) is 4.18. The number of nitriles is 1. The maximum absolute atomic E-state index is 13.1. The van der Waals surface area contributed by atoms with E-state index in [-0.39, 0.29) is 17.0 Å². The molecule has 1 atom stereocenters. The minimum absolute atomic E-state index is 0.148. The molecule has 5 rings (SSSR count). The molecule has 0 radical (unpaired) electrons. The fourth-order valence-electron chi connectivity index (χ4n) is 4.28. The highest BCUT2D eigenvalue weighted by molar-refractivity contribution is 5.94. The van der Waals surface area contributed by atoms with Crippen LogP contribution in [0.25, 0.3) is 16.5 Å². The van der Waals surface area contributed by atoms with Crippen LogP contribution < -0.4 is 15.6 Å². The summed E-state index contributed by atoms with van der Waals surface area (Å²) in [5.41, 5.74) is 3.96. The van der Waals surface area contributed by atoms with Gasteiger partial charge in [0.2, 0.25) is 0 Å². The Hall–Kier alpha value is -4.90. The largest absolute Gasteiger partial charge is 0.478 e. The predicted octanol–water partition coefficient (Wildman–Crippen LogP) is 5.10. The van der Waals surface area contributed by atoms with Crippen LogP contribution in [-0.4, -0.2) is 22.6 Å². The predicted molar refractivity (Wildman–Crippen MR) is 137 cm³/mol. The van der Waals surface area contributed by atoms with Crippen molar-refractivity contribution < 1.29 is 14.3 Å². The molecule has 0 saturated heterocycles. The number of hydrogen-bond acceptors (Lipinski definition) is 7. The first-order chi connectivity index (χ1) is 17.3. The quantitative estimate of drug-likeness (QED) is 0.393.